The van der Waals surface area contributed by atoms with Gasteiger partial charge in [-0.25, -0.2) is 0 Å². The zero-order valence-electron chi connectivity index (χ0n) is 17.1. The Morgan fingerprint density at radius 2 is 1.87 bits per heavy atom. The molecule has 0 radical (unpaired) electrons. The lowest BCUT2D eigenvalue weighted by atomic mass is 9.86. The largest absolute Gasteiger partial charge is 0.497 e. The molecule has 154 valence electrons. The SMILES string of the molecule is COc1ccc([C@H]2c3[nH]c4ccccc4c3C[C@H]3C(=O)N(C)CC(=O)N23)c(OC)c1. The molecule has 5 rings (SSSR count). The summed E-state index contributed by atoms with van der Waals surface area (Å²) in [7, 11) is 4.89. The van der Waals surface area contributed by atoms with Gasteiger partial charge in [-0.1, -0.05) is 18.2 Å². The molecule has 1 N–H and O–H groups in total. The molecule has 2 aliphatic heterocycles. The summed E-state index contributed by atoms with van der Waals surface area (Å²) in [5.41, 5.74) is 3.82. The standard InChI is InChI=1S/C23H23N3O4/c1-25-12-20(27)26-18(23(25)28)11-16-14-6-4-5-7-17(14)24-21(16)22(26)15-9-8-13(29-2)10-19(15)30-3/h4-10,18,22,24H,11-12H2,1-3H3/t18-,22-/m0/s1. The van der Waals surface area contributed by atoms with Crippen molar-refractivity contribution in [1.82, 2.24) is 14.8 Å². The molecule has 1 saturated heterocycles. The highest BCUT2D eigenvalue weighted by atomic mass is 16.5. The van der Waals surface area contributed by atoms with Crippen LogP contribution in [0.2, 0.25) is 0 Å². The minimum Gasteiger partial charge on any atom is -0.497 e. The highest BCUT2D eigenvalue weighted by Gasteiger charge is 2.48. The number of piperazine rings is 1. The second-order valence-electron chi connectivity index (χ2n) is 7.79. The maximum absolute atomic E-state index is 13.2. The fraction of sp³-hybridized carbons (Fsp3) is 0.304. The molecule has 2 atom stereocenters. The molecule has 1 fully saturated rings. The van der Waals surface area contributed by atoms with Gasteiger partial charge in [0.15, 0.2) is 0 Å². The first-order chi connectivity index (χ1) is 14.5. The number of aromatic amines is 1. The van der Waals surface area contributed by atoms with E-state index < -0.39 is 12.1 Å². The van der Waals surface area contributed by atoms with Crippen molar-refractivity contribution in [2.75, 3.05) is 27.8 Å². The Morgan fingerprint density at radius 3 is 2.63 bits per heavy atom. The van der Waals surface area contributed by atoms with Crippen LogP contribution in [-0.2, 0) is 16.0 Å². The summed E-state index contributed by atoms with van der Waals surface area (Å²) in [6.45, 7) is 0.0693. The molecular weight excluding hydrogens is 382 g/mol. The van der Waals surface area contributed by atoms with E-state index in [0.29, 0.717) is 17.9 Å². The van der Waals surface area contributed by atoms with Crippen LogP contribution in [0.3, 0.4) is 0 Å². The van der Waals surface area contributed by atoms with Gasteiger partial charge in [0.05, 0.1) is 20.8 Å². The topological polar surface area (TPSA) is 74.9 Å². The van der Waals surface area contributed by atoms with Crippen LogP contribution >= 0.6 is 0 Å². The highest BCUT2D eigenvalue weighted by Crippen LogP contribution is 2.45. The van der Waals surface area contributed by atoms with Crippen LogP contribution in [0.15, 0.2) is 42.5 Å². The van der Waals surface area contributed by atoms with Crippen LogP contribution in [-0.4, -0.2) is 60.5 Å². The molecule has 7 nitrogen and oxygen atoms in total. The number of amides is 2. The fourth-order valence-electron chi connectivity index (χ4n) is 4.78. The Labute approximate surface area is 174 Å². The lowest BCUT2D eigenvalue weighted by molar-refractivity contribution is -0.157. The van der Waals surface area contributed by atoms with Gasteiger partial charge in [0.25, 0.3) is 0 Å². The molecule has 1 aromatic heterocycles. The third-order valence-corrected chi connectivity index (χ3v) is 6.19. The van der Waals surface area contributed by atoms with Crippen LogP contribution in [0, 0.1) is 0 Å². The predicted octanol–water partition coefficient (Wildman–Crippen LogP) is 2.50. The third-order valence-electron chi connectivity index (χ3n) is 6.19. The lowest BCUT2D eigenvalue weighted by Crippen LogP contribution is -2.62. The van der Waals surface area contributed by atoms with Gasteiger partial charge in [0.2, 0.25) is 11.8 Å². The number of ether oxygens (including phenoxy) is 2. The Bertz CT molecular complexity index is 1170. The third kappa shape index (κ3) is 2.58. The quantitative estimate of drug-likeness (QED) is 0.727. The molecule has 0 spiro atoms. The number of hydrogen-bond donors (Lipinski definition) is 1. The van der Waals surface area contributed by atoms with E-state index in [1.165, 1.54) is 4.90 Å². The molecule has 0 aliphatic carbocycles. The van der Waals surface area contributed by atoms with Crippen LogP contribution in [0.4, 0.5) is 0 Å². The number of H-pyrrole nitrogens is 1. The van der Waals surface area contributed by atoms with Crippen molar-refractivity contribution in [2.45, 2.75) is 18.5 Å². The average molecular weight is 405 g/mol. The van der Waals surface area contributed by atoms with Crippen molar-refractivity contribution in [3.8, 4) is 11.5 Å². The second-order valence-corrected chi connectivity index (χ2v) is 7.79. The van der Waals surface area contributed by atoms with Crippen molar-refractivity contribution in [1.29, 1.82) is 0 Å². The van der Waals surface area contributed by atoms with Gasteiger partial charge in [-0.2, -0.15) is 0 Å². The maximum atomic E-state index is 13.2. The molecule has 30 heavy (non-hydrogen) atoms. The molecule has 0 unspecified atom stereocenters. The van der Waals surface area contributed by atoms with Crippen LogP contribution < -0.4 is 9.47 Å². The number of fused-ring (bicyclic) bond motifs is 4. The van der Waals surface area contributed by atoms with E-state index in [0.717, 1.165) is 27.7 Å². The Balaban J connectivity index is 1.77. The van der Waals surface area contributed by atoms with Crippen LogP contribution in [0.1, 0.15) is 22.9 Å². The van der Waals surface area contributed by atoms with E-state index in [-0.39, 0.29) is 18.4 Å². The summed E-state index contributed by atoms with van der Waals surface area (Å²) < 4.78 is 11.0. The highest BCUT2D eigenvalue weighted by molar-refractivity contribution is 5.97. The number of carbonyl (C=O) groups excluding carboxylic acids is 2. The molecule has 2 amide bonds. The molecule has 3 aromatic rings. The Morgan fingerprint density at radius 1 is 1.07 bits per heavy atom. The minimum atomic E-state index is -0.542. The summed E-state index contributed by atoms with van der Waals surface area (Å²) in [5.74, 6) is 1.17. The number of benzene rings is 2. The van der Waals surface area contributed by atoms with Crippen molar-refractivity contribution in [2.24, 2.45) is 0 Å². The number of carbonyl (C=O) groups is 2. The molecular formula is C23H23N3O4. The van der Waals surface area contributed by atoms with E-state index in [4.69, 9.17) is 9.47 Å². The first kappa shape index (κ1) is 18.5. The van der Waals surface area contributed by atoms with Gasteiger partial charge < -0.3 is 24.3 Å². The van der Waals surface area contributed by atoms with Gasteiger partial charge in [-0.15, -0.1) is 0 Å². The van der Waals surface area contributed by atoms with Gasteiger partial charge >= 0.3 is 0 Å². The summed E-state index contributed by atoms with van der Waals surface area (Å²) in [5, 5.41) is 1.08. The van der Waals surface area contributed by atoms with Crippen molar-refractivity contribution >= 4 is 22.7 Å². The predicted molar refractivity (Wildman–Crippen MR) is 112 cm³/mol. The average Bonchev–Trinajstić information content (AvgIpc) is 3.14. The van der Waals surface area contributed by atoms with E-state index >= 15 is 0 Å². The number of nitrogens with one attached hydrogen (secondary N) is 1. The lowest BCUT2D eigenvalue weighted by Gasteiger charge is -2.46. The van der Waals surface area contributed by atoms with Gasteiger partial charge in [-0.05, 0) is 23.8 Å². The van der Waals surface area contributed by atoms with E-state index in [9.17, 15) is 9.59 Å². The smallest absolute Gasteiger partial charge is 0.245 e. The van der Waals surface area contributed by atoms with Crippen molar-refractivity contribution in [3.63, 3.8) is 0 Å². The van der Waals surface area contributed by atoms with Gasteiger partial charge in [-0.3, -0.25) is 9.59 Å². The molecule has 0 bridgehead atoms. The molecule has 2 aromatic carbocycles. The minimum absolute atomic E-state index is 0.0389. The maximum Gasteiger partial charge on any atom is 0.245 e. The van der Waals surface area contributed by atoms with Crippen molar-refractivity contribution in [3.05, 3.63) is 59.3 Å². The van der Waals surface area contributed by atoms with Gasteiger partial charge in [0, 0.05) is 41.7 Å². The first-order valence-electron chi connectivity index (χ1n) is 9.91. The first-order valence-corrected chi connectivity index (χ1v) is 9.91. The van der Waals surface area contributed by atoms with Crippen molar-refractivity contribution < 1.29 is 19.1 Å². The number of aromatic nitrogens is 1. The fourth-order valence-corrected chi connectivity index (χ4v) is 4.78. The van der Waals surface area contributed by atoms with Crippen LogP contribution in [0.25, 0.3) is 10.9 Å². The molecule has 2 aliphatic rings. The zero-order chi connectivity index (χ0) is 21.0. The number of para-hydroxylation sites is 1. The van der Waals surface area contributed by atoms with E-state index in [2.05, 4.69) is 11.1 Å². The summed E-state index contributed by atoms with van der Waals surface area (Å²) >= 11 is 0. The number of rotatable bonds is 3. The second kappa shape index (κ2) is 6.79. The number of nitrogens with zero attached hydrogens (tertiary/aromatic N) is 2. The number of hydrogen-bond acceptors (Lipinski definition) is 4. The monoisotopic (exact) mass is 405 g/mol. The molecule has 7 heteroatoms. The van der Waals surface area contributed by atoms with Gasteiger partial charge in [0.1, 0.15) is 23.6 Å². The number of methoxy groups -OCH3 is 2. The zero-order valence-corrected chi connectivity index (χ0v) is 17.1. The number of likely N-dealkylation sites (N-methyl/N-ethyl adjacent to an activating group) is 1. The Kier molecular flexibility index (Phi) is 4.20. The normalized spacial score (nSPS) is 20.9. The van der Waals surface area contributed by atoms with E-state index in [1.807, 2.05) is 36.4 Å². The molecule has 3 heterocycles. The van der Waals surface area contributed by atoms with Crippen LogP contribution in [0.5, 0.6) is 11.5 Å². The summed E-state index contributed by atoms with van der Waals surface area (Å²) in [6, 6.07) is 12.6. The van der Waals surface area contributed by atoms with E-state index in [1.54, 1.807) is 26.2 Å². The Hall–Kier alpha value is -3.48. The summed E-state index contributed by atoms with van der Waals surface area (Å²) in [4.78, 5) is 33.0. The summed E-state index contributed by atoms with van der Waals surface area (Å²) in [6.07, 6.45) is 0.489. The molecule has 0 saturated carbocycles.